The number of aromatic amines is 1. The van der Waals surface area contributed by atoms with E-state index in [1.807, 2.05) is 30.5 Å². The van der Waals surface area contributed by atoms with Crippen LogP contribution in [0.15, 0.2) is 30.5 Å². The van der Waals surface area contributed by atoms with E-state index in [2.05, 4.69) is 9.71 Å². The Kier molecular flexibility index (Phi) is 5.25. The minimum Gasteiger partial charge on any atom is -0.361 e. The normalized spacial score (nSPS) is 11.9. The van der Waals surface area contributed by atoms with Gasteiger partial charge in [-0.25, -0.2) is 13.1 Å². The van der Waals surface area contributed by atoms with Crippen LogP contribution in [-0.2, 0) is 26.2 Å². The van der Waals surface area contributed by atoms with Gasteiger partial charge in [0.05, 0.1) is 5.75 Å². The van der Waals surface area contributed by atoms with E-state index in [9.17, 15) is 8.42 Å². The summed E-state index contributed by atoms with van der Waals surface area (Å²) in [5, 5.41) is 1.03. The van der Waals surface area contributed by atoms with Gasteiger partial charge in [0.1, 0.15) is 0 Å². The lowest BCUT2D eigenvalue weighted by Crippen LogP contribution is -2.20. The number of fused-ring (bicyclic) bond motifs is 1. The lowest BCUT2D eigenvalue weighted by atomic mass is 10.2. The maximum Gasteiger partial charge on any atom is 0.394 e. The Morgan fingerprint density at radius 3 is 2.30 bits per heavy atom. The molecule has 0 aliphatic rings. The fourth-order valence-corrected chi connectivity index (χ4v) is 2.25. The summed E-state index contributed by atoms with van der Waals surface area (Å²) in [4.78, 5) is 3.06. The molecule has 20 heavy (non-hydrogen) atoms. The maximum absolute atomic E-state index is 11.3. The van der Waals surface area contributed by atoms with E-state index in [0.717, 1.165) is 16.5 Å². The highest BCUT2D eigenvalue weighted by Gasteiger charge is 2.08. The van der Waals surface area contributed by atoms with Crippen molar-refractivity contribution < 1.29 is 25.9 Å². The molecular formula is C10H14N2O6S2. The molecule has 0 radical (unpaired) electrons. The first-order valence-electron chi connectivity index (χ1n) is 5.28. The van der Waals surface area contributed by atoms with Crippen molar-refractivity contribution in [3.05, 3.63) is 36.0 Å². The number of hydrogen-bond acceptors (Lipinski definition) is 4. The summed E-state index contributed by atoms with van der Waals surface area (Å²) < 4.78 is 56.5. The molecule has 1 aromatic carbocycles. The van der Waals surface area contributed by atoms with Crippen molar-refractivity contribution in [2.45, 2.75) is 5.75 Å². The van der Waals surface area contributed by atoms with Crippen molar-refractivity contribution in [1.82, 2.24) is 9.71 Å². The largest absolute Gasteiger partial charge is 0.394 e. The first kappa shape index (κ1) is 16.6. The topological polar surface area (TPSA) is 137 Å². The van der Waals surface area contributed by atoms with Crippen LogP contribution < -0.4 is 4.72 Å². The first-order valence-corrected chi connectivity index (χ1v) is 8.33. The van der Waals surface area contributed by atoms with Gasteiger partial charge < -0.3 is 4.98 Å². The molecule has 2 aromatic rings. The molecule has 4 N–H and O–H groups in total. The third-order valence-corrected chi connectivity index (χ3v) is 3.62. The van der Waals surface area contributed by atoms with Crippen molar-refractivity contribution in [1.29, 1.82) is 0 Å². The van der Waals surface area contributed by atoms with Gasteiger partial charge in [-0.1, -0.05) is 6.07 Å². The summed E-state index contributed by atoms with van der Waals surface area (Å²) in [6, 6.07) is 7.50. The van der Waals surface area contributed by atoms with Gasteiger partial charge in [-0.05, 0) is 36.2 Å². The Labute approximate surface area is 116 Å². The van der Waals surface area contributed by atoms with Gasteiger partial charge >= 0.3 is 10.4 Å². The minimum absolute atomic E-state index is 0.0185. The number of rotatable bonds is 3. The summed E-state index contributed by atoms with van der Waals surface area (Å²) in [5.41, 5.74) is 1.80. The average Bonchev–Trinajstić information content (AvgIpc) is 2.73. The van der Waals surface area contributed by atoms with Crippen LogP contribution in [0.5, 0.6) is 0 Å². The van der Waals surface area contributed by atoms with Gasteiger partial charge in [-0.2, -0.15) is 8.42 Å². The zero-order valence-electron chi connectivity index (χ0n) is 10.4. The van der Waals surface area contributed by atoms with E-state index in [1.54, 1.807) is 0 Å². The van der Waals surface area contributed by atoms with Gasteiger partial charge in [0.25, 0.3) is 0 Å². The number of aromatic nitrogens is 1. The molecule has 0 amide bonds. The van der Waals surface area contributed by atoms with Crippen LogP contribution in [0.2, 0.25) is 0 Å². The van der Waals surface area contributed by atoms with E-state index in [-0.39, 0.29) is 5.75 Å². The van der Waals surface area contributed by atoms with Crippen molar-refractivity contribution in [2.24, 2.45) is 0 Å². The van der Waals surface area contributed by atoms with Gasteiger partial charge in [0, 0.05) is 11.7 Å². The number of hydrogen-bond donors (Lipinski definition) is 4. The molecule has 0 atom stereocenters. The van der Waals surface area contributed by atoms with Crippen LogP contribution in [0.4, 0.5) is 0 Å². The highest BCUT2D eigenvalue weighted by atomic mass is 32.3. The third kappa shape index (κ3) is 6.12. The Bertz CT molecular complexity index is 771. The van der Waals surface area contributed by atoms with Crippen molar-refractivity contribution >= 4 is 31.3 Å². The quantitative estimate of drug-likeness (QED) is 0.610. The molecule has 0 saturated carbocycles. The molecule has 0 aliphatic carbocycles. The van der Waals surface area contributed by atoms with E-state index in [4.69, 9.17) is 17.5 Å². The summed E-state index contributed by atoms with van der Waals surface area (Å²) in [5.74, 6) is 0.0185. The first-order chi connectivity index (χ1) is 9.11. The molecule has 112 valence electrons. The smallest absolute Gasteiger partial charge is 0.361 e. The Morgan fingerprint density at radius 1 is 1.15 bits per heavy atom. The summed E-state index contributed by atoms with van der Waals surface area (Å²) in [6.45, 7) is 0. The highest BCUT2D eigenvalue weighted by molar-refractivity contribution is 7.88. The van der Waals surface area contributed by atoms with Crippen molar-refractivity contribution in [2.75, 3.05) is 7.05 Å². The highest BCUT2D eigenvalue weighted by Crippen LogP contribution is 2.15. The molecule has 0 spiro atoms. The molecule has 10 heteroatoms. The molecule has 0 unspecified atom stereocenters. The van der Waals surface area contributed by atoms with Crippen LogP contribution in [0.1, 0.15) is 5.56 Å². The number of nitrogens with one attached hydrogen (secondary N) is 2. The van der Waals surface area contributed by atoms with Crippen LogP contribution in [0.3, 0.4) is 0 Å². The van der Waals surface area contributed by atoms with E-state index in [0.29, 0.717) is 0 Å². The molecule has 8 nitrogen and oxygen atoms in total. The van der Waals surface area contributed by atoms with Gasteiger partial charge in [0.15, 0.2) is 0 Å². The average molecular weight is 322 g/mol. The van der Waals surface area contributed by atoms with Gasteiger partial charge in [-0.15, -0.1) is 0 Å². The van der Waals surface area contributed by atoms with E-state index in [1.165, 1.54) is 7.05 Å². The predicted molar refractivity (Wildman–Crippen MR) is 74.2 cm³/mol. The molecule has 1 aromatic heterocycles. The monoisotopic (exact) mass is 322 g/mol. The maximum atomic E-state index is 11.3. The minimum atomic E-state index is -4.67. The Morgan fingerprint density at radius 2 is 1.75 bits per heavy atom. The molecule has 0 aliphatic heterocycles. The molecule has 0 fully saturated rings. The Hall–Kier alpha value is -1.46. The number of sulfonamides is 1. The second-order valence-electron chi connectivity index (χ2n) is 3.81. The molecule has 0 bridgehead atoms. The van der Waals surface area contributed by atoms with Gasteiger partial charge in [-0.3, -0.25) is 9.11 Å². The fourth-order valence-electron chi connectivity index (χ4n) is 1.48. The Balaban J connectivity index is 0.000000347. The lowest BCUT2D eigenvalue weighted by Gasteiger charge is -2.02. The van der Waals surface area contributed by atoms with Crippen molar-refractivity contribution in [3.8, 4) is 0 Å². The lowest BCUT2D eigenvalue weighted by molar-refractivity contribution is 0.381. The molecular weight excluding hydrogens is 308 g/mol. The fraction of sp³-hybridized carbons (Fsp3) is 0.200. The van der Waals surface area contributed by atoms with Crippen LogP contribution in [0, 0.1) is 0 Å². The van der Waals surface area contributed by atoms with E-state index >= 15 is 0 Å². The summed E-state index contributed by atoms with van der Waals surface area (Å²) in [7, 11) is -6.43. The summed E-state index contributed by atoms with van der Waals surface area (Å²) in [6.07, 6.45) is 1.83. The number of H-pyrrole nitrogens is 1. The standard InChI is InChI=1S/C10H12N2O2S.H2O4S/c1-11-15(13,14)7-8-2-3-10-9(6-8)4-5-12-10;1-5(2,3)4/h2-6,11-12H,7H2,1H3;(H2,1,2,3,4). The number of benzene rings is 1. The molecule has 2 rings (SSSR count). The molecule has 1 heterocycles. The molecule has 0 saturated heterocycles. The zero-order chi connectivity index (χ0) is 15.4. The van der Waals surface area contributed by atoms with Gasteiger partial charge in [0.2, 0.25) is 10.0 Å². The van der Waals surface area contributed by atoms with Crippen LogP contribution >= 0.6 is 0 Å². The van der Waals surface area contributed by atoms with Crippen molar-refractivity contribution in [3.63, 3.8) is 0 Å². The van der Waals surface area contributed by atoms with Crippen LogP contribution in [0.25, 0.3) is 10.9 Å². The van der Waals surface area contributed by atoms with Crippen LogP contribution in [-0.4, -0.2) is 38.0 Å². The zero-order valence-corrected chi connectivity index (χ0v) is 12.1. The SMILES string of the molecule is CNS(=O)(=O)Cc1ccc2[nH]ccc2c1.O=S(=O)(O)O. The summed E-state index contributed by atoms with van der Waals surface area (Å²) >= 11 is 0. The predicted octanol–water partition coefficient (Wildman–Crippen LogP) is 0.564. The third-order valence-electron chi connectivity index (χ3n) is 2.29. The second kappa shape index (κ2) is 6.33. The second-order valence-corrected chi connectivity index (χ2v) is 6.63. The van der Waals surface area contributed by atoms with E-state index < -0.39 is 20.4 Å².